The van der Waals surface area contributed by atoms with Crippen LogP contribution in [0.1, 0.15) is 32.6 Å². The Morgan fingerprint density at radius 2 is 2.00 bits per heavy atom. The van der Waals surface area contributed by atoms with E-state index in [1.54, 1.807) is 0 Å². The first-order valence-electron chi connectivity index (χ1n) is 3.43. The Balaban J connectivity index is 2.70. The zero-order valence-electron chi connectivity index (χ0n) is 5.78. The minimum Gasteiger partial charge on any atom is -0.193 e. The number of nitriles is 1. The number of nitrogens with zero attached hydrogens (tertiary/aromatic N) is 1. The molecule has 1 nitrogen and oxygen atoms in total. The minimum atomic E-state index is 0.951. The Kier molecular flexibility index (Phi) is 1.89. The summed E-state index contributed by atoms with van der Waals surface area (Å²) in [6.07, 6.45) is 4.90. The number of hydrogen-bond acceptors (Lipinski definition) is 1. The van der Waals surface area contributed by atoms with E-state index in [1.165, 1.54) is 31.3 Å². The second kappa shape index (κ2) is 2.68. The fraction of sp³-hybridized carbons (Fsp3) is 0.625. The van der Waals surface area contributed by atoms with E-state index in [2.05, 4.69) is 6.07 Å². The van der Waals surface area contributed by atoms with Crippen molar-refractivity contribution in [3.05, 3.63) is 11.1 Å². The van der Waals surface area contributed by atoms with Gasteiger partial charge in [0.2, 0.25) is 0 Å². The van der Waals surface area contributed by atoms with Gasteiger partial charge in [-0.2, -0.15) is 5.26 Å². The van der Waals surface area contributed by atoms with Gasteiger partial charge in [-0.15, -0.1) is 0 Å². The van der Waals surface area contributed by atoms with Crippen molar-refractivity contribution in [2.45, 2.75) is 32.6 Å². The molecule has 0 saturated heterocycles. The van der Waals surface area contributed by atoms with E-state index in [-0.39, 0.29) is 0 Å². The lowest BCUT2D eigenvalue weighted by molar-refractivity contribution is 0.886. The second-order valence-corrected chi connectivity index (χ2v) is 2.55. The number of allylic oxidation sites excluding steroid dienone is 2. The summed E-state index contributed by atoms with van der Waals surface area (Å²) < 4.78 is 0. The topological polar surface area (TPSA) is 23.8 Å². The molecule has 0 unspecified atom stereocenters. The molecule has 48 valence electrons. The van der Waals surface area contributed by atoms with Crippen LogP contribution in [0.2, 0.25) is 0 Å². The molecule has 0 radical (unpaired) electrons. The molecule has 0 atom stereocenters. The number of rotatable bonds is 0. The first-order valence-corrected chi connectivity index (χ1v) is 3.43. The van der Waals surface area contributed by atoms with E-state index in [1.807, 2.05) is 6.92 Å². The zero-order valence-corrected chi connectivity index (χ0v) is 5.78. The summed E-state index contributed by atoms with van der Waals surface area (Å²) >= 11 is 0. The van der Waals surface area contributed by atoms with Crippen LogP contribution >= 0.6 is 0 Å². The van der Waals surface area contributed by atoms with Crippen LogP contribution in [-0.2, 0) is 0 Å². The summed E-state index contributed by atoms with van der Waals surface area (Å²) in [5, 5.41) is 8.49. The SMILES string of the molecule is CC(C#N)=C1CCCC1. The van der Waals surface area contributed by atoms with Gasteiger partial charge in [-0.3, -0.25) is 0 Å². The molecule has 0 aromatic heterocycles. The molecule has 1 saturated carbocycles. The van der Waals surface area contributed by atoms with Gasteiger partial charge in [0.25, 0.3) is 0 Å². The fourth-order valence-corrected chi connectivity index (χ4v) is 1.26. The molecule has 1 rings (SSSR count). The lowest BCUT2D eigenvalue weighted by atomic mass is 10.1. The van der Waals surface area contributed by atoms with Crippen LogP contribution in [0.4, 0.5) is 0 Å². The Labute approximate surface area is 56.0 Å². The van der Waals surface area contributed by atoms with Gasteiger partial charge in [-0.25, -0.2) is 0 Å². The molecule has 0 heterocycles. The molecule has 0 aliphatic heterocycles. The van der Waals surface area contributed by atoms with E-state index < -0.39 is 0 Å². The van der Waals surface area contributed by atoms with E-state index in [0.29, 0.717) is 0 Å². The van der Waals surface area contributed by atoms with Crippen molar-refractivity contribution < 1.29 is 0 Å². The monoisotopic (exact) mass is 121 g/mol. The van der Waals surface area contributed by atoms with Crippen molar-refractivity contribution in [2.75, 3.05) is 0 Å². The van der Waals surface area contributed by atoms with Gasteiger partial charge >= 0.3 is 0 Å². The van der Waals surface area contributed by atoms with Gasteiger partial charge in [-0.05, 0) is 32.6 Å². The molecule has 1 aliphatic carbocycles. The minimum absolute atomic E-state index is 0.951. The highest BCUT2D eigenvalue weighted by Crippen LogP contribution is 2.26. The normalized spacial score (nSPS) is 17.6. The van der Waals surface area contributed by atoms with Crippen molar-refractivity contribution in [1.82, 2.24) is 0 Å². The quantitative estimate of drug-likeness (QED) is 0.451. The van der Waals surface area contributed by atoms with Crippen molar-refractivity contribution in [3.63, 3.8) is 0 Å². The van der Waals surface area contributed by atoms with Gasteiger partial charge < -0.3 is 0 Å². The molecule has 0 spiro atoms. The molecule has 9 heavy (non-hydrogen) atoms. The van der Waals surface area contributed by atoms with Crippen LogP contribution < -0.4 is 0 Å². The van der Waals surface area contributed by atoms with E-state index in [0.717, 1.165) is 5.57 Å². The highest BCUT2D eigenvalue weighted by molar-refractivity contribution is 5.26. The van der Waals surface area contributed by atoms with E-state index >= 15 is 0 Å². The van der Waals surface area contributed by atoms with Crippen molar-refractivity contribution >= 4 is 0 Å². The summed E-state index contributed by atoms with van der Waals surface area (Å²) in [5.74, 6) is 0. The lowest BCUT2D eigenvalue weighted by Gasteiger charge is -1.92. The molecular weight excluding hydrogens is 110 g/mol. The van der Waals surface area contributed by atoms with Gasteiger partial charge in [-0.1, -0.05) is 5.57 Å². The average molecular weight is 121 g/mol. The van der Waals surface area contributed by atoms with Crippen LogP contribution in [-0.4, -0.2) is 0 Å². The molecule has 1 heteroatoms. The second-order valence-electron chi connectivity index (χ2n) is 2.55. The van der Waals surface area contributed by atoms with Crippen molar-refractivity contribution in [2.24, 2.45) is 0 Å². The van der Waals surface area contributed by atoms with E-state index in [9.17, 15) is 0 Å². The van der Waals surface area contributed by atoms with Crippen LogP contribution in [0.3, 0.4) is 0 Å². The number of hydrogen-bond donors (Lipinski definition) is 0. The predicted molar refractivity (Wildman–Crippen MR) is 36.8 cm³/mol. The zero-order chi connectivity index (χ0) is 6.69. The first kappa shape index (κ1) is 6.35. The summed E-state index contributed by atoms with van der Waals surface area (Å²) in [7, 11) is 0. The van der Waals surface area contributed by atoms with Crippen LogP contribution in [0.25, 0.3) is 0 Å². The molecule has 0 aromatic rings. The van der Waals surface area contributed by atoms with E-state index in [4.69, 9.17) is 5.26 Å². The highest BCUT2D eigenvalue weighted by Gasteiger charge is 2.08. The van der Waals surface area contributed by atoms with Crippen molar-refractivity contribution in [1.29, 1.82) is 5.26 Å². The Bertz CT molecular complexity index is 163. The van der Waals surface area contributed by atoms with Crippen molar-refractivity contribution in [3.8, 4) is 6.07 Å². The Morgan fingerprint density at radius 3 is 2.44 bits per heavy atom. The lowest BCUT2D eigenvalue weighted by Crippen LogP contribution is -1.77. The summed E-state index contributed by atoms with van der Waals surface area (Å²) in [4.78, 5) is 0. The van der Waals surface area contributed by atoms with Crippen LogP contribution in [0.5, 0.6) is 0 Å². The maximum atomic E-state index is 8.49. The van der Waals surface area contributed by atoms with Gasteiger partial charge in [0.05, 0.1) is 6.07 Å². The molecule has 1 aliphatic rings. The standard InChI is InChI=1S/C8H11N/c1-7(6-9)8-4-2-3-5-8/h2-5H2,1H3. The summed E-state index contributed by atoms with van der Waals surface area (Å²) in [6, 6.07) is 2.19. The van der Waals surface area contributed by atoms with Gasteiger partial charge in [0.15, 0.2) is 0 Å². The molecule has 0 aromatic carbocycles. The average Bonchev–Trinajstić information content (AvgIpc) is 2.37. The van der Waals surface area contributed by atoms with Gasteiger partial charge in [0.1, 0.15) is 0 Å². The smallest absolute Gasteiger partial charge is 0.0943 e. The van der Waals surface area contributed by atoms with Crippen LogP contribution in [0, 0.1) is 11.3 Å². The Hall–Kier alpha value is -0.770. The molecular formula is C8H11N. The maximum absolute atomic E-state index is 8.49. The molecule has 0 N–H and O–H groups in total. The third kappa shape index (κ3) is 1.32. The molecule has 0 amide bonds. The molecule has 1 fully saturated rings. The highest BCUT2D eigenvalue weighted by atomic mass is 14.2. The fourth-order valence-electron chi connectivity index (χ4n) is 1.26. The third-order valence-electron chi connectivity index (χ3n) is 1.91. The Morgan fingerprint density at radius 1 is 1.44 bits per heavy atom. The summed E-state index contributed by atoms with van der Waals surface area (Å²) in [5.41, 5.74) is 2.34. The predicted octanol–water partition coefficient (Wildman–Crippen LogP) is 2.40. The largest absolute Gasteiger partial charge is 0.193 e. The van der Waals surface area contributed by atoms with Gasteiger partial charge in [0, 0.05) is 5.57 Å². The van der Waals surface area contributed by atoms with Crippen LogP contribution in [0.15, 0.2) is 11.1 Å². The third-order valence-corrected chi connectivity index (χ3v) is 1.91. The summed E-state index contributed by atoms with van der Waals surface area (Å²) in [6.45, 7) is 1.92. The maximum Gasteiger partial charge on any atom is 0.0943 e. The first-order chi connectivity index (χ1) is 4.34. The molecule has 0 bridgehead atoms.